The second-order valence-corrected chi connectivity index (χ2v) is 18.4. The van der Waals surface area contributed by atoms with Gasteiger partial charge in [-0.1, -0.05) is 60.6 Å². The maximum absolute atomic E-state index is 13.1. The third-order valence-electron chi connectivity index (χ3n) is 7.53. The summed E-state index contributed by atoms with van der Waals surface area (Å²) >= 11 is 2.44. The lowest BCUT2D eigenvalue weighted by atomic mass is 9.74. The maximum atomic E-state index is 13.1. The smallest absolute Gasteiger partial charge is 0.410 e. The van der Waals surface area contributed by atoms with Gasteiger partial charge >= 0.3 is 6.18 Å². The molecule has 0 bridgehead atoms. The number of hydrogen-bond donors (Lipinski definition) is 0. The zero-order valence-electron chi connectivity index (χ0n) is 22.5. The van der Waals surface area contributed by atoms with Crippen molar-refractivity contribution in [1.29, 1.82) is 0 Å². The minimum absolute atomic E-state index is 0.0263. The van der Waals surface area contributed by atoms with E-state index in [2.05, 4.69) is 84.2 Å². The number of benzene rings is 1. The molecule has 1 heterocycles. The van der Waals surface area contributed by atoms with Gasteiger partial charge in [-0.05, 0) is 88.2 Å². The molecule has 35 heavy (non-hydrogen) atoms. The highest BCUT2D eigenvalue weighted by molar-refractivity contribution is 14.1. The number of rotatable bonds is 5. The Morgan fingerprint density at radius 1 is 1.11 bits per heavy atom. The summed E-state index contributed by atoms with van der Waals surface area (Å²) in [5.41, 5.74) is 4.79. The van der Waals surface area contributed by atoms with Crippen molar-refractivity contribution in [2.24, 2.45) is 5.41 Å². The second kappa shape index (κ2) is 9.75. The predicted molar refractivity (Wildman–Crippen MR) is 148 cm³/mol. The van der Waals surface area contributed by atoms with Crippen molar-refractivity contribution in [3.05, 3.63) is 61.5 Å². The highest BCUT2D eigenvalue weighted by atomic mass is 127. The first-order valence-electron chi connectivity index (χ1n) is 12.4. The standard InChI is InChI=1S/C28H39F3INOSi/c1-17(2)25-20(14-18-10-12-19(13-11-18)28(29,30)31)24(32)23-21(33-25)15-27(6,7)16-22(23)34-35(8,9)26(3,4)5/h10-13,17,22H,14-16H2,1-9H3. The number of pyridine rings is 1. The molecule has 1 aliphatic carbocycles. The summed E-state index contributed by atoms with van der Waals surface area (Å²) < 4.78 is 47.4. The van der Waals surface area contributed by atoms with Crippen LogP contribution in [0.2, 0.25) is 18.1 Å². The van der Waals surface area contributed by atoms with Gasteiger partial charge in [0.05, 0.1) is 11.7 Å². The largest absolute Gasteiger partial charge is 0.416 e. The zero-order valence-corrected chi connectivity index (χ0v) is 25.6. The fraction of sp³-hybridized carbons (Fsp3) is 0.607. The minimum Gasteiger partial charge on any atom is -0.410 e. The third kappa shape index (κ3) is 6.32. The number of hydrogen-bond acceptors (Lipinski definition) is 2. The summed E-state index contributed by atoms with van der Waals surface area (Å²) in [5, 5.41) is 0.0918. The van der Waals surface area contributed by atoms with Gasteiger partial charge in [-0.15, -0.1) is 0 Å². The quantitative estimate of drug-likeness (QED) is 0.246. The Kier molecular flexibility index (Phi) is 7.97. The highest BCUT2D eigenvalue weighted by Gasteiger charge is 2.44. The molecule has 1 aromatic carbocycles. The molecule has 7 heteroatoms. The molecule has 0 aliphatic heterocycles. The van der Waals surface area contributed by atoms with E-state index in [0.717, 1.165) is 38.9 Å². The number of aromatic nitrogens is 1. The Morgan fingerprint density at radius 2 is 1.69 bits per heavy atom. The van der Waals surface area contributed by atoms with Gasteiger partial charge in [0.15, 0.2) is 8.32 Å². The first-order valence-corrected chi connectivity index (χ1v) is 16.4. The second-order valence-electron chi connectivity index (χ2n) is 12.6. The maximum Gasteiger partial charge on any atom is 0.416 e. The fourth-order valence-electron chi connectivity index (χ4n) is 4.56. The SMILES string of the molecule is CC(C)c1nc2c(c(I)c1Cc1ccc(C(F)(F)F)cc1)C(O[Si](C)(C)C(C)(C)C)CC(C)(C)C2. The van der Waals surface area contributed by atoms with E-state index in [-0.39, 0.29) is 22.5 Å². The van der Waals surface area contributed by atoms with Gasteiger partial charge in [-0.25, -0.2) is 0 Å². The molecule has 1 atom stereocenters. The van der Waals surface area contributed by atoms with Crippen molar-refractivity contribution in [2.75, 3.05) is 0 Å². The van der Waals surface area contributed by atoms with E-state index in [9.17, 15) is 13.2 Å². The molecule has 0 saturated heterocycles. The van der Waals surface area contributed by atoms with E-state index in [1.807, 2.05) is 0 Å². The monoisotopic (exact) mass is 617 g/mol. The Bertz CT molecular complexity index is 1070. The van der Waals surface area contributed by atoms with Gasteiger partial charge in [0.25, 0.3) is 0 Å². The van der Waals surface area contributed by atoms with Crippen LogP contribution in [-0.4, -0.2) is 13.3 Å². The van der Waals surface area contributed by atoms with Crippen molar-refractivity contribution < 1.29 is 17.6 Å². The fourth-order valence-corrected chi connectivity index (χ4v) is 6.95. The number of nitrogens with zero attached hydrogens (tertiary/aromatic N) is 1. The van der Waals surface area contributed by atoms with Crippen LogP contribution in [0.3, 0.4) is 0 Å². The molecule has 2 nitrogen and oxygen atoms in total. The van der Waals surface area contributed by atoms with Crippen molar-refractivity contribution in [3.63, 3.8) is 0 Å². The number of fused-ring (bicyclic) bond motifs is 1. The molecule has 0 fully saturated rings. The lowest BCUT2D eigenvalue weighted by Gasteiger charge is -2.44. The van der Waals surface area contributed by atoms with Crippen molar-refractivity contribution in [2.45, 2.75) is 104 Å². The molecule has 0 N–H and O–H groups in total. The molecule has 0 amide bonds. The Balaban J connectivity index is 2.12. The summed E-state index contributed by atoms with van der Waals surface area (Å²) in [6, 6.07) is 5.54. The van der Waals surface area contributed by atoms with E-state index < -0.39 is 20.1 Å². The van der Waals surface area contributed by atoms with Crippen LogP contribution in [0, 0.1) is 8.99 Å². The molecule has 0 spiro atoms. The van der Waals surface area contributed by atoms with E-state index in [4.69, 9.17) is 9.41 Å². The summed E-state index contributed by atoms with van der Waals surface area (Å²) in [6.07, 6.45) is -1.96. The van der Waals surface area contributed by atoms with Gasteiger partial charge < -0.3 is 4.43 Å². The van der Waals surface area contributed by atoms with E-state index in [1.54, 1.807) is 12.1 Å². The molecule has 1 aromatic heterocycles. The topological polar surface area (TPSA) is 22.1 Å². The lowest BCUT2D eigenvalue weighted by Crippen LogP contribution is -2.44. The molecule has 0 radical (unpaired) electrons. The summed E-state index contributed by atoms with van der Waals surface area (Å²) in [6.45, 7) is 20.2. The van der Waals surface area contributed by atoms with Gasteiger partial charge in [-0.2, -0.15) is 13.2 Å². The number of alkyl halides is 3. The first-order chi connectivity index (χ1) is 15.8. The molecule has 1 unspecified atom stereocenters. The average molecular weight is 618 g/mol. The summed E-state index contributed by atoms with van der Waals surface area (Å²) in [5.74, 6) is 0.211. The van der Waals surface area contributed by atoms with Crippen LogP contribution in [0.5, 0.6) is 0 Å². The van der Waals surface area contributed by atoms with Crippen molar-refractivity contribution >= 4 is 30.9 Å². The molecule has 1 aliphatic rings. The van der Waals surface area contributed by atoms with Gasteiger partial charge in [-0.3, -0.25) is 4.98 Å². The average Bonchev–Trinajstić information content (AvgIpc) is 2.67. The molecular weight excluding hydrogens is 578 g/mol. The van der Waals surface area contributed by atoms with Crippen molar-refractivity contribution in [3.8, 4) is 0 Å². The molecule has 2 aromatic rings. The van der Waals surface area contributed by atoms with Crippen molar-refractivity contribution in [1.82, 2.24) is 4.98 Å². The molecular formula is C28H39F3INOSi. The van der Waals surface area contributed by atoms with Gasteiger partial charge in [0.1, 0.15) is 0 Å². The predicted octanol–water partition coefficient (Wildman–Crippen LogP) is 9.45. The number of halogens is 4. The third-order valence-corrected chi connectivity index (χ3v) is 13.3. The summed E-state index contributed by atoms with van der Waals surface area (Å²) in [7, 11) is -2.04. The van der Waals surface area contributed by atoms with Crippen LogP contribution in [0.25, 0.3) is 0 Å². The van der Waals surface area contributed by atoms with E-state index in [0.29, 0.717) is 6.42 Å². The van der Waals surface area contributed by atoms with Crippen LogP contribution in [0.4, 0.5) is 13.2 Å². The first kappa shape index (κ1) is 28.6. The van der Waals surface area contributed by atoms with Crippen LogP contribution in [-0.2, 0) is 23.4 Å². The molecule has 0 saturated carbocycles. The normalized spacial score (nSPS) is 18.6. The zero-order chi connectivity index (χ0) is 26.6. The summed E-state index contributed by atoms with van der Waals surface area (Å²) in [4.78, 5) is 5.22. The highest BCUT2D eigenvalue weighted by Crippen LogP contribution is 2.49. The Labute approximate surface area is 223 Å². The van der Waals surface area contributed by atoms with E-state index in [1.165, 1.54) is 17.7 Å². The molecule has 3 rings (SSSR count). The Morgan fingerprint density at radius 3 is 2.17 bits per heavy atom. The van der Waals surface area contributed by atoms with Crippen LogP contribution < -0.4 is 0 Å². The van der Waals surface area contributed by atoms with Crippen LogP contribution in [0.1, 0.15) is 101 Å². The Hall–Kier alpha value is -0.933. The molecule has 194 valence electrons. The van der Waals surface area contributed by atoms with Crippen LogP contribution in [0.15, 0.2) is 24.3 Å². The van der Waals surface area contributed by atoms with E-state index >= 15 is 0 Å². The van der Waals surface area contributed by atoms with Crippen LogP contribution >= 0.6 is 22.6 Å². The van der Waals surface area contributed by atoms with Gasteiger partial charge in [0.2, 0.25) is 0 Å². The lowest BCUT2D eigenvalue weighted by molar-refractivity contribution is -0.137. The minimum atomic E-state index is -4.33. The van der Waals surface area contributed by atoms with Gasteiger partial charge in [0, 0.05) is 26.9 Å².